The Morgan fingerprint density at radius 1 is 0.296 bits per heavy atom. The summed E-state index contributed by atoms with van der Waals surface area (Å²) >= 11 is 0. The SMILES string of the molecule is CC/C=C\C/C=C\C/C=C\C/C=C\C/C=C\C/C=C\C/C=C\CCCCCCCCCCCCCCCCCCCCCC(=O)OC(CO)COC(=O)CCCCCCCCCCCCCCCCCCCCCCCCCCCC. The van der Waals surface area contributed by atoms with Crippen LogP contribution < -0.4 is 0 Å². The van der Waals surface area contributed by atoms with E-state index in [1.165, 1.54) is 263 Å². The molecule has 81 heavy (non-hydrogen) atoms. The summed E-state index contributed by atoms with van der Waals surface area (Å²) in [4.78, 5) is 24.7. The minimum absolute atomic E-state index is 0.0613. The standard InChI is InChI=1S/C76H136O5/c1-3-5-7-9-11-13-15-17-19-21-23-25-27-29-31-32-33-34-35-36-37-38-39-40-41-42-43-44-45-47-49-51-53-55-57-59-61-63-65-67-69-71-76(79)81-74(72-77)73-80-75(78)70-68-66-64-62-60-58-56-54-52-50-48-46-30-28-26-24-22-20-18-16-14-12-10-8-6-4-2/h5,7,11,13,17,19,23,25,29,31,33-34,36-37,74,77H,3-4,6,8-10,12,14-16,18,20-22,24,26-28,30,32,35,38-73H2,1-2H3/b7-5-,13-11-,19-17-,25-23-,31-29-,34-33-,37-36-. The maximum atomic E-state index is 12.4. The molecule has 0 radical (unpaired) electrons. The van der Waals surface area contributed by atoms with Gasteiger partial charge in [-0.3, -0.25) is 9.59 Å². The summed E-state index contributed by atoms with van der Waals surface area (Å²) in [6.45, 7) is 4.08. The van der Waals surface area contributed by atoms with E-state index in [-0.39, 0.29) is 25.2 Å². The molecule has 0 aromatic carbocycles. The molecule has 1 atom stereocenters. The molecule has 0 aliphatic rings. The first-order valence-corrected chi connectivity index (χ1v) is 35.6. The molecule has 0 fully saturated rings. The summed E-state index contributed by atoms with van der Waals surface area (Å²) in [6.07, 6.45) is 101. The van der Waals surface area contributed by atoms with Crippen LogP contribution in [0.4, 0.5) is 0 Å². The highest BCUT2D eigenvalue weighted by Crippen LogP contribution is 2.19. The van der Waals surface area contributed by atoms with Crippen LogP contribution in [0.2, 0.25) is 0 Å². The third-order valence-electron chi connectivity index (χ3n) is 16.0. The molecule has 0 saturated carbocycles. The normalized spacial score (nSPS) is 12.7. The van der Waals surface area contributed by atoms with Crippen molar-refractivity contribution in [3.8, 4) is 0 Å². The van der Waals surface area contributed by atoms with Gasteiger partial charge in [0.15, 0.2) is 6.10 Å². The quantitative estimate of drug-likeness (QED) is 0.0373. The topological polar surface area (TPSA) is 72.8 Å². The van der Waals surface area contributed by atoms with Crippen molar-refractivity contribution in [2.45, 2.75) is 373 Å². The van der Waals surface area contributed by atoms with Gasteiger partial charge in [0, 0.05) is 12.8 Å². The predicted molar refractivity (Wildman–Crippen MR) is 357 cm³/mol. The van der Waals surface area contributed by atoms with Crippen LogP contribution in [-0.4, -0.2) is 36.4 Å². The Morgan fingerprint density at radius 2 is 0.531 bits per heavy atom. The number of hydrogen-bond acceptors (Lipinski definition) is 5. The van der Waals surface area contributed by atoms with E-state index in [1.54, 1.807) is 0 Å². The predicted octanol–water partition coefficient (Wildman–Crippen LogP) is 24.8. The van der Waals surface area contributed by atoms with Gasteiger partial charge in [-0.15, -0.1) is 0 Å². The summed E-state index contributed by atoms with van der Waals surface area (Å²) < 4.78 is 10.8. The van der Waals surface area contributed by atoms with Gasteiger partial charge in [0.05, 0.1) is 6.61 Å². The number of aliphatic hydroxyl groups excluding tert-OH is 1. The van der Waals surface area contributed by atoms with Gasteiger partial charge < -0.3 is 14.6 Å². The fourth-order valence-electron chi connectivity index (χ4n) is 10.7. The maximum absolute atomic E-state index is 12.4. The van der Waals surface area contributed by atoms with Crippen molar-refractivity contribution in [1.29, 1.82) is 0 Å². The van der Waals surface area contributed by atoms with Gasteiger partial charge in [-0.2, -0.15) is 0 Å². The first-order chi connectivity index (χ1) is 40.1. The van der Waals surface area contributed by atoms with Crippen LogP contribution in [0.15, 0.2) is 85.1 Å². The summed E-state index contributed by atoms with van der Waals surface area (Å²) in [5, 5.41) is 9.70. The van der Waals surface area contributed by atoms with E-state index in [2.05, 4.69) is 98.9 Å². The number of carbonyl (C=O) groups is 2. The van der Waals surface area contributed by atoms with Crippen molar-refractivity contribution in [3.05, 3.63) is 85.1 Å². The Labute approximate surface area is 505 Å². The molecule has 0 aromatic heterocycles. The van der Waals surface area contributed by atoms with Gasteiger partial charge >= 0.3 is 11.9 Å². The zero-order valence-electron chi connectivity index (χ0n) is 54.0. The Hall–Kier alpha value is -2.92. The zero-order valence-corrected chi connectivity index (χ0v) is 54.0. The van der Waals surface area contributed by atoms with Crippen LogP contribution >= 0.6 is 0 Å². The summed E-state index contributed by atoms with van der Waals surface area (Å²) in [7, 11) is 0. The molecule has 0 amide bonds. The van der Waals surface area contributed by atoms with Crippen molar-refractivity contribution in [2.75, 3.05) is 13.2 Å². The number of unbranched alkanes of at least 4 members (excludes halogenated alkanes) is 44. The Morgan fingerprint density at radius 3 is 0.802 bits per heavy atom. The van der Waals surface area contributed by atoms with Crippen LogP contribution in [0, 0.1) is 0 Å². The lowest BCUT2D eigenvalue weighted by molar-refractivity contribution is -0.161. The molecule has 1 unspecified atom stereocenters. The average Bonchev–Trinajstić information content (AvgIpc) is 3.47. The molecule has 0 saturated heterocycles. The third-order valence-corrected chi connectivity index (χ3v) is 16.0. The fraction of sp³-hybridized carbons (Fsp3) is 0.789. The number of hydrogen-bond donors (Lipinski definition) is 1. The minimum atomic E-state index is -0.772. The van der Waals surface area contributed by atoms with Crippen LogP contribution in [0.1, 0.15) is 367 Å². The van der Waals surface area contributed by atoms with Gasteiger partial charge in [0.25, 0.3) is 0 Å². The minimum Gasteiger partial charge on any atom is -0.462 e. The molecular formula is C76H136O5. The first kappa shape index (κ1) is 78.1. The highest BCUT2D eigenvalue weighted by Gasteiger charge is 2.16. The highest BCUT2D eigenvalue weighted by atomic mass is 16.6. The van der Waals surface area contributed by atoms with E-state index in [9.17, 15) is 14.7 Å². The number of allylic oxidation sites excluding steroid dienone is 14. The van der Waals surface area contributed by atoms with Gasteiger partial charge in [-0.25, -0.2) is 0 Å². The first-order valence-electron chi connectivity index (χ1n) is 35.6. The number of rotatable bonds is 66. The summed E-state index contributed by atoms with van der Waals surface area (Å²) in [5.74, 6) is -0.570. The van der Waals surface area contributed by atoms with Crippen LogP contribution in [-0.2, 0) is 19.1 Å². The van der Waals surface area contributed by atoms with Crippen molar-refractivity contribution in [1.82, 2.24) is 0 Å². The van der Waals surface area contributed by atoms with Crippen LogP contribution in [0.5, 0.6) is 0 Å². The van der Waals surface area contributed by atoms with Gasteiger partial charge in [-0.1, -0.05) is 369 Å². The Balaban J connectivity index is 3.43. The van der Waals surface area contributed by atoms with Crippen LogP contribution in [0.3, 0.4) is 0 Å². The molecule has 470 valence electrons. The molecule has 0 heterocycles. The second-order valence-corrected chi connectivity index (χ2v) is 23.9. The third kappa shape index (κ3) is 69.5. The number of esters is 2. The average molecular weight is 1130 g/mol. The lowest BCUT2D eigenvalue weighted by Gasteiger charge is -2.15. The van der Waals surface area contributed by atoms with E-state index < -0.39 is 6.10 Å². The molecule has 0 bridgehead atoms. The van der Waals surface area contributed by atoms with E-state index in [0.29, 0.717) is 12.8 Å². The van der Waals surface area contributed by atoms with Gasteiger partial charge in [0.2, 0.25) is 0 Å². The molecule has 5 heteroatoms. The van der Waals surface area contributed by atoms with Crippen molar-refractivity contribution < 1.29 is 24.2 Å². The molecule has 5 nitrogen and oxygen atoms in total. The van der Waals surface area contributed by atoms with Gasteiger partial charge in [-0.05, 0) is 70.6 Å². The second kappa shape index (κ2) is 71.3. The van der Waals surface area contributed by atoms with Crippen molar-refractivity contribution >= 4 is 11.9 Å². The maximum Gasteiger partial charge on any atom is 0.306 e. The number of aliphatic hydroxyl groups is 1. The highest BCUT2D eigenvalue weighted by molar-refractivity contribution is 5.70. The zero-order chi connectivity index (χ0) is 58.4. The fourth-order valence-corrected chi connectivity index (χ4v) is 10.7. The number of ether oxygens (including phenoxy) is 2. The molecular weight excluding hydrogens is 993 g/mol. The Kier molecular flexibility index (Phi) is 68.8. The second-order valence-electron chi connectivity index (χ2n) is 23.9. The lowest BCUT2D eigenvalue weighted by Crippen LogP contribution is -2.28. The van der Waals surface area contributed by atoms with Crippen LogP contribution in [0.25, 0.3) is 0 Å². The monoisotopic (exact) mass is 1130 g/mol. The van der Waals surface area contributed by atoms with E-state index >= 15 is 0 Å². The lowest BCUT2D eigenvalue weighted by atomic mass is 10.0. The smallest absolute Gasteiger partial charge is 0.306 e. The molecule has 0 aliphatic heterocycles. The molecule has 0 rings (SSSR count). The summed E-state index contributed by atoms with van der Waals surface area (Å²) in [5.41, 5.74) is 0. The van der Waals surface area contributed by atoms with Gasteiger partial charge in [0.1, 0.15) is 6.61 Å². The van der Waals surface area contributed by atoms with Crippen molar-refractivity contribution in [2.24, 2.45) is 0 Å². The summed E-state index contributed by atoms with van der Waals surface area (Å²) in [6, 6.07) is 0. The largest absolute Gasteiger partial charge is 0.462 e. The van der Waals surface area contributed by atoms with E-state index in [0.717, 1.165) is 77.0 Å². The van der Waals surface area contributed by atoms with E-state index in [1.807, 2.05) is 0 Å². The van der Waals surface area contributed by atoms with E-state index in [4.69, 9.17) is 9.47 Å². The molecule has 0 aromatic rings. The molecule has 1 N–H and O–H groups in total. The molecule has 0 spiro atoms. The Bertz CT molecular complexity index is 1470. The molecule has 0 aliphatic carbocycles. The van der Waals surface area contributed by atoms with Crippen molar-refractivity contribution in [3.63, 3.8) is 0 Å². The number of carbonyl (C=O) groups excluding carboxylic acids is 2.